The molecule has 6 nitrogen and oxygen atoms in total. The lowest BCUT2D eigenvalue weighted by Gasteiger charge is -2.28. The molecule has 0 aliphatic carbocycles. The Labute approximate surface area is 217 Å². The molecule has 0 radical (unpaired) electrons. The Kier molecular flexibility index (Phi) is 9.42. The predicted octanol–water partition coefficient (Wildman–Crippen LogP) is 5.62. The molecule has 1 fully saturated rings. The van der Waals surface area contributed by atoms with Crippen LogP contribution in [0.3, 0.4) is 0 Å². The molecule has 3 N–H and O–H groups in total. The van der Waals surface area contributed by atoms with Crippen molar-refractivity contribution in [2.45, 2.75) is 71.6 Å². The number of urea groups is 1. The number of aryl methyl sites for hydroxylation is 2. The second kappa shape index (κ2) is 12.1. The molecule has 36 heavy (non-hydrogen) atoms. The highest BCUT2D eigenvalue weighted by molar-refractivity contribution is 5.90. The van der Waals surface area contributed by atoms with Crippen molar-refractivity contribution in [1.82, 2.24) is 10.2 Å². The molecule has 0 spiro atoms. The first-order valence-electron chi connectivity index (χ1n) is 13.2. The van der Waals surface area contributed by atoms with Gasteiger partial charge in [-0.05, 0) is 65.0 Å². The number of carbonyl (C=O) groups excluding carboxylic acids is 1. The van der Waals surface area contributed by atoms with Crippen molar-refractivity contribution in [3.8, 4) is 5.75 Å². The van der Waals surface area contributed by atoms with Gasteiger partial charge in [-0.3, -0.25) is 4.90 Å². The third kappa shape index (κ3) is 7.97. The van der Waals surface area contributed by atoms with Crippen LogP contribution in [0.25, 0.3) is 0 Å². The zero-order valence-corrected chi connectivity index (χ0v) is 23.0. The number of para-hydroxylation sites is 1. The fourth-order valence-electron chi connectivity index (χ4n) is 4.62. The Morgan fingerprint density at radius 2 is 1.58 bits per heavy atom. The summed E-state index contributed by atoms with van der Waals surface area (Å²) in [6.07, 6.45) is 2.54. The third-order valence-electron chi connectivity index (χ3n) is 6.77. The van der Waals surface area contributed by atoms with Crippen LogP contribution in [-0.4, -0.2) is 55.4 Å². The fourth-order valence-corrected chi connectivity index (χ4v) is 4.62. The van der Waals surface area contributed by atoms with Crippen molar-refractivity contribution in [1.29, 1.82) is 0 Å². The summed E-state index contributed by atoms with van der Waals surface area (Å²) in [6.45, 7) is 18.0. The molecule has 2 aromatic carbocycles. The van der Waals surface area contributed by atoms with Gasteiger partial charge in [0.1, 0.15) is 5.75 Å². The first-order valence-corrected chi connectivity index (χ1v) is 13.2. The van der Waals surface area contributed by atoms with E-state index < -0.39 is 0 Å². The fraction of sp³-hybridized carbons (Fsp3) is 0.567. The first-order chi connectivity index (χ1) is 16.9. The maximum Gasteiger partial charge on any atom is 0.319 e. The standard InChI is InChI=1S/C30H45N3O3/c1-29(2,3)24-20-22(21-25(27(24)34)30(4,5)6)12-13-23-10-7-8-11-26(23)32-28(35)31-14-9-15-33-16-18-36-19-17-33/h7-8,10-11,20-21,34H,9,12-19H2,1-6H3,(H2,31,32,35). The average molecular weight is 496 g/mol. The van der Waals surface area contributed by atoms with Crippen LogP contribution in [0.4, 0.5) is 10.5 Å². The monoisotopic (exact) mass is 495 g/mol. The number of anilines is 1. The molecule has 0 atom stereocenters. The van der Waals surface area contributed by atoms with E-state index in [0.29, 0.717) is 12.3 Å². The number of amides is 2. The normalized spacial score (nSPS) is 15.1. The van der Waals surface area contributed by atoms with E-state index in [1.165, 1.54) is 5.56 Å². The van der Waals surface area contributed by atoms with Gasteiger partial charge in [-0.25, -0.2) is 4.79 Å². The number of carbonyl (C=O) groups is 1. The van der Waals surface area contributed by atoms with E-state index in [-0.39, 0.29) is 16.9 Å². The molecule has 1 saturated heterocycles. The number of ether oxygens (including phenoxy) is 1. The zero-order valence-electron chi connectivity index (χ0n) is 23.0. The van der Waals surface area contributed by atoms with Gasteiger partial charge in [0.25, 0.3) is 0 Å². The van der Waals surface area contributed by atoms with Gasteiger partial charge >= 0.3 is 6.03 Å². The van der Waals surface area contributed by atoms with Crippen LogP contribution >= 0.6 is 0 Å². The number of phenols is 1. The van der Waals surface area contributed by atoms with Gasteiger partial charge in [0.15, 0.2) is 0 Å². The van der Waals surface area contributed by atoms with Gasteiger partial charge in [-0.1, -0.05) is 71.9 Å². The molecule has 1 aliphatic rings. The molecule has 0 unspecified atom stereocenters. The molecular formula is C30H45N3O3. The van der Waals surface area contributed by atoms with Crippen molar-refractivity contribution >= 4 is 11.7 Å². The topological polar surface area (TPSA) is 73.8 Å². The van der Waals surface area contributed by atoms with Gasteiger partial charge < -0.3 is 20.5 Å². The smallest absolute Gasteiger partial charge is 0.319 e. The number of morpholine rings is 1. The first kappa shape index (κ1) is 28.0. The molecule has 3 rings (SSSR count). The predicted molar refractivity (Wildman–Crippen MR) is 148 cm³/mol. The molecule has 1 heterocycles. The summed E-state index contributed by atoms with van der Waals surface area (Å²) in [5, 5.41) is 17.0. The van der Waals surface area contributed by atoms with E-state index in [9.17, 15) is 9.90 Å². The Balaban J connectivity index is 1.62. The maximum atomic E-state index is 12.6. The minimum Gasteiger partial charge on any atom is -0.507 e. The van der Waals surface area contributed by atoms with E-state index in [0.717, 1.165) is 74.5 Å². The molecular weight excluding hydrogens is 450 g/mol. The van der Waals surface area contributed by atoms with Gasteiger partial charge in [0, 0.05) is 25.3 Å². The molecule has 2 aromatic rings. The number of phenolic OH excluding ortho intramolecular Hbond substituents is 1. The number of nitrogens with zero attached hydrogens (tertiary/aromatic N) is 1. The highest BCUT2D eigenvalue weighted by Gasteiger charge is 2.26. The van der Waals surface area contributed by atoms with Crippen molar-refractivity contribution in [3.63, 3.8) is 0 Å². The lowest BCUT2D eigenvalue weighted by molar-refractivity contribution is 0.0375. The molecule has 0 saturated carbocycles. The van der Waals surface area contributed by atoms with Crippen LogP contribution in [0.15, 0.2) is 36.4 Å². The van der Waals surface area contributed by atoms with Gasteiger partial charge in [-0.15, -0.1) is 0 Å². The Morgan fingerprint density at radius 3 is 2.19 bits per heavy atom. The summed E-state index contributed by atoms with van der Waals surface area (Å²) < 4.78 is 5.38. The van der Waals surface area contributed by atoms with E-state index in [1.807, 2.05) is 18.2 Å². The van der Waals surface area contributed by atoms with Crippen LogP contribution in [-0.2, 0) is 28.4 Å². The zero-order chi connectivity index (χ0) is 26.3. The van der Waals surface area contributed by atoms with Crippen molar-refractivity contribution in [2.75, 3.05) is 44.7 Å². The third-order valence-corrected chi connectivity index (χ3v) is 6.77. The second-order valence-electron chi connectivity index (χ2n) is 11.9. The maximum absolute atomic E-state index is 12.6. The van der Waals surface area contributed by atoms with Crippen molar-refractivity contribution < 1.29 is 14.6 Å². The summed E-state index contributed by atoms with van der Waals surface area (Å²) in [5.41, 5.74) is 4.79. The minimum atomic E-state index is -0.168. The van der Waals surface area contributed by atoms with Crippen molar-refractivity contribution in [2.24, 2.45) is 0 Å². The van der Waals surface area contributed by atoms with E-state index >= 15 is 0 Å². The molecule has 2 amide bonds. The second-order valence-corrected chi connectivity index (χ2v) is 11.9. The SMILES string of the molecule is CC(C)(C)c1cc(CCc2ccccc2NC(=O)NCCCN2CCOCC2)cc(C(C)(C)C)c1O. The molecule has 6 heteroatoms. The van der Waals surface area contributed by atoms with Gasteiger partial charge in [0.05, 0.1) is 13.2 Å². The highest BCUT2D eigenvalue weighted by Crippen LogP contribution is 2.40. The Morgan fingerprint density at radius 1 is 0.972 bits per heavy atom. The van der Waals surface area contributed by atoms with Crippen LogP contribution in [0.2, 0.25) is 0 Å². The Bertz CT molecular complexity index is 980. The largest absolute Gasteiger partial charge is 0.507 e. The molecule has 1 aliphatic heterocycles. The minimum absolute atomic E-state index is 0.153. The Hall–Kier alpha value is -2.57. The summed E-state index contributed by atoms with van der Waals surface area (Å²) in [6, 6.07) is 12.1. The van der Waals surface area contributed by atoms with E-state index in [1.54, 1.807) is 0 Å². The lowest BCUT2D eigenvalue weighted by Crippen LogP contribution is -2.38. The number of rotatable bonds is 8. The van der Waals surface area contributed by atoms with Crippen LogP contribution in [0.1, 0.15) is 70.2 Å². The van der Waals surface area contributed by atoms with Crippen LogP contribution < -0.4 is 10.6 Å². The quantitative estimate of drug-likeness (QED) is 0.416. The summed E-state index contributed by atoms with van der Waals surface area (Å²) in [5.74, 6) is 0.408. The number of hydrogen-bond acceptors (Lipinski definition) is 4. The van der Waals surface area contributed by atoms with E-state index in [4.69, 9.17) is 4.74 Å². The molecule has 0 bridgehead atoms. The number of nitrogens with one attached hydrogen (secondary N) is 2. The summed E-state index contributed by atoms with van der Waals surface area (Å²) in [4.78, 5) is 14.9. The van der Waals surface area contributed by atoms with Crippen LogP contribution in [0, 0.1) is 0 Å². The van der Waals surface area contributed by atoms with Gasteiger partial charge in [0.2, 0.25) is 0 Å². The molecule has 0 aromatic heterocycles. The van der Waals surface area contributed by atoms with E-state index in [2.05, 4.69) is 75.3 Å². The number of benzene rings is 2. The summed E-state index contributed by atoms with van der Waals surface area (Å²) in [7, 11) is 0. The van der Waals surface area contributed by atoms with Crippen molar-refractivity contribution in [3.05, 3.63) is 58.7 Å². The lowest BCUT2D eigenvalue weighted by atomic mass is 9.78. The molecule has 198 valence electrons. The average Bonchev–Trinajstić information content (AvgIpc) is 2.81. The summed E-state index contributed by atoms with van der Waals surface area (Å²) >= 11 is 0. The van der Waals surface area contributed by atoms with Crippen LogP contribution in [0.5, 0.6) is 5.75 Å². The number of aromatic hydroxyl groups is 1. The van der Waals surface area contributed by atoms with Gasteiger partial charge in [-0.2, -0.15) is 0 Å². The highest BCUT2D eigenvalue weighted by atomic mass is 16.5. The number of hydrogen-bond donors (Lipinski definition) is 3.